The van der Waals surface area contributed by atoms with Gasteiger partial charge in [0.15, 0.2) is 6.61 Å². The van der Waals surface area contributed by atoms with Gasteiger partial charge in [0.05, 0.1) is 11.3 Å². The van der Waals surface area contributed by atoms with Gasteiger partial charge in [-0.05, 0) is 49.2 Å². The van der Waals surface area contributed by atoms with Crippen molar-refractivity contribution >= 4 is 33.4 Å². The van der Waals surface area contributed by atoms with Crippen molar-refractivity contribution in [3.05, 3.63) is 58.1 Å². The van der Waals surface area contributed by atoms with E-state index in [0.29, 0.717) is 23.5 Å². The van der Waals surface area contributed by atoms with Crippen molar-refractivity contribution in [1.29, 1.82) is 0 Å². The Morgan fingerprint density at radius 1 is 1.16 bits per heavy atom. The highest BCUT2D eigenvalue weighted by Gasteiger charge is 2.13. The minimum absolute atomic E-state index is 0.133. The number of ether oxygens (including phenoxy) is 1. The van der Waals surface area contributed by atoms with E-state index in [4.69, 9.17) is 4.74 Å². The van der Waals surface area contributed by atoms with E-state index in [9.17, 15) is 9.59 Å². The minimum Gasteiger partial charge on any atom is -0.484 e. The number of hydrogen-bond acceptors (Lipinski definition) is 3. The van der Waals surface area contributed by atoms with Gasteiger partial charge in [-0.3, -0.25) is 9.59 Å². The van der Waals surface area contributed by atoms with E-state index in [0.717, 1.165) is 16.5 Å². The van der Waals surface area contributed by atoms with Crippen LogP contribution in [-0.4, -0.2) is 25.0 Å². The van der Waals surface area contributed by atoms with Crippen LogP contribution in [0.15, 0.2) is 46.9 Å². The van der Waals surface area contributed by atoms with Crippen LogP contribution in [-0.2, 0) is 4.79 Å². The largest absolute Gasteiger partial charge is 0.484 e. The van der Waals surface area contributed by atoms with Crippen LogP contribution in [0.4, 0.5) is 5.69 Å². The third-order valence-corrected chi connectivity index (χ3v) is 4.37. The molecule has 0 saturated heterocycles. The molecule has 132 valence electrons. The first-order chi connectivity index (χ1) is 12.0. The second-order valence-electron chi connectivity index (χ2n) is 5.55. The van der Waals surface area contributed by atoms with Crippen molar-refractivity contribution in [2.24, 2.45) is 0 Å². The SMILES string of the molecule is CCCNC(=O)c1ccccc1NC(=O)COc1ccc(Br)c(C)c1. The Labute approximate surface area is 155 Å². The summed E-state index contributed by atoms with van der Waals surface area (Å²) < 4.78 is 6.49. The van der Waals surface area contributed by atoms with Crippen LogP contribution in [0, 0.1) is 6.92 Å². The van der Waals surface area contributed by atoms with Crippen molar-refractivity contribution in [2.45, 2.75) is 20.3 Å². The first kappa shape index (κ1) is 19.0. The molecule has 0 atom stereocenters. The van der Waals surface area contributed by atoms with Gasteiger partial charge < -0.3 is 15.4 Å². The average molecular weight is 405 g/mol. The zero-order valence-corrected chi connectivity index (χ0v) is 15.9. The Bertz CT molecular complexity index is 762. The molecule has 0 unspecified atom stereocenters. The van der Waals surface area contributed by atoms with Crippen LogP contribution >= 0.6 is 15.9 Å². The molecule has 5 nitrogen and oxygen atoms in total. The van der Waals surface area contributed by atoms with Gasteiger partial charge in [0.2, 0.25) is 0 Å². The number of para-hydroxylation sites is 1. The third-order valence-electron chi connectivity index (χ3n) is 3.48. The van der Waals surface area contributed by atoms with Crippen molar-refractivity contribution in [2.75, 3.05) is 18.5 Å². The molecule has 2 amide bonds. The number of halogens is 1. The molecule has 2 N–H and O–H groups in total. The molecule has 0 aliphatic rings. The molecule has 25 heavy (non-hydrogen) atoms. The summed E-state index contributed by atoms with van der Waals surface area (Å²) in [5.74, 6) is 0.0864. The topological polar surface area (TPSA) is 67.4 Å². The Morgan fingerprint density at radius 3 is 2.64 bits per heavy atom. The van der Waals surface area contributed by atoms with E-state index in [1.165, 1.54) is 0 Å². The number of anilines is 1. The van der Waals surface area contributed by atoms with Gasteiger partial charge in [0, 0.05) is 11.0 Å². The minimum atomic E-state index is -0.323. The molecular formula is C19H21BrN2O3. The smallest absolute Gasteiger partial charge is 0.262 e. The lowest BCUT2D eigenvalue weighted by atomic mass is 10.1. The van der Waals surface area contributed by atoms with Gasteiger partial charge in [-0.1, -0.05) is 35.0 Å². The first-order valence-electron chi connectivity index (χ1n) is 8.07. The molecule has 0 spiro atoms. The van der Waals surface area contributed by atoms with Crippen molar-refractivity contribution in [3.8, 4) is 5.75 Å². The predicted octanol–water partition coefficient (Wildman–Crippen LogP) is 3.91. The fraction of sp³-hybridized carbons (Fsp3) is 0.263. The lowest BCUT2D eigenvalue weighted by molar-refractivity contribution is -0.118. The van der Waals surface area contributed by atoms with Crippen LogP contribution in [0.1, 0.15) is 29.3 Å². The zero-order chi connectivity index (χ0) is 18.2. The molecule has 0 aliphatic carbocycles. The van der Waals surface area contributed by atoms with Crippen molar-refractivity contribution < 1.29 is 14.3 Å². The van der Waals surface area contributed by atoms with Gasteiger partial charge in [0.25, 0.3) is 11.8 Å². The Hall–Kier alpha value is -2.34. The summed E-state index contributed by atoms with van der Waals surface area (Å²) in [6.45, 7) is 4.39. The summed E-state index contributed by atoms with van der Waals surface area (Å²) in [5, 5.41) is 5.54. The second kappa shape index (κ2) is 9.22. The van der Waals surface area contributed by atoms with E-state index in [1.807, 2.05) is 26.0 Å². The summed E-state index contributed by atoms with van der Waals surface area (Å²) in [5.41, 5.74) is 1.93. The fourth-order valence-electron chi connectivity index (χ4n) is 2.17. The molecule has 0 aliphatic heterocycles. The monoisotopic (exact) mass is 404 g/mol. The molecule has 0 fully saturated rings. The molecule has 0 saturated carbocycles. The van der Waals surface area contributed by atoms with Crippen LogP contribution in [0.5, 0.6) is 5.75 Å². The number of nitrogens with one attached hydrogen (secondary N) is 2. The Kier molecular flexibility index (Phi) is 7.01. The number of carbonyl (C=O) groups excluding carboxylic acids is 2. The number of benzene rings is 2. The van der Waals surface area contributed by atoms with Gasteiger partial charge in [-0.25, -0.2) is 0 Å². The van der Waals surface area contributed by atoms with Gasteiger partial charge >= 0.3 is 0 Å². The quantitative estimate of drug-likeness (QED) is 0.734. The summed E-state index contributed by atoms with van der Waals surface area (Å²) in [6.07, 6.45) is 0.848. The Balaban J connectivity index is 1.98. The molecule has 0 radical (unpaired) electrons. The van der Waals surface area contributed by atoms with E-state index >= 15 is 0 Å². The zero-order valence-electron chi connectivity index (χ0n) is 14.3. The lowest BCUT2D eigenvalue weighted by Gasteiger charge is -2.12. The van der Waals surface area contributed by atoms with Gasteiger partial charge in [-0.15, -0.1) is 0 Å². The molecule has 2 aromatic rings. The van der Waals surface area contributed by atoms with Crippen molar-refractivity contribution in [3.63, 3.8) is 0 Å². The highest BCUT2D eigenvalue weighted by atomic mass is 79.9. The third kappa shape index (κ3) is 5.60. The molecule has 6 heteroatoms. The summed E-state index contributed by atoms with van der Waals surface area (Å²) >= 11 is 3.42. The van der Waals surface area contributed by atoms with E-state index < -0.39 is 0 Å². The highest BCUT2D eigenvalue weighted by molar-refractivity contribution is 9.10. The number of aryl methyl sites for hydroxylation is 1. The van der Waals surface area contributed by atoms with Crippen LogP contribution in [0.3, 0.4) is 0 Å². The normalized spacial score (nSPS) is 10.2. The maximum atomic E-state index is 12.2. The number of hydrogen-bond donors (Lipinski definition) is 2. The maximum Gasteiger partial charge on any atom is 0.262 e. The fourth-order valence-corrected chi connectivity index (χ4v) is 2.41. The predicted molar refractivity (Wildman–Crippen MR) is 102 cm³/mol. The van der Waals surface area contributed by atoms with Gasteiger partial charge in [-0.2, -0.15) is 0 Å². The van der Waals surface area contributed by atoms with Crippen LogP contribution in [0.2, 0.25) is 0 Å². The lowest BCUT2D eigenvalue weighted by Crippen LogP contribution is -2.27. The van der Waals surface area contributed by atoms with Crippen LogP contribution in [0.25, 0.3) is 0 Å². The number of carbonyl (C=O) groups is 2. The summed E-state index contributed by atoms with van der Waals surface area (Å²) in [4.78, 5) is 24.3. The summed E-state index contributed by atoms with van der Waals surface area (Å²) in [7, 11) is 0. The molecule has 2 rings (SSSR count). The maximum absolute atomic E-state index is 12.2. The summed E-state index contributed by atoms with van der Waals surface area (Å²) in [6, 6.07) is 12.4. The van der Waals surface area contributed by atoms with E-state index in [-0.39, 0.29) is 18.4 Å². The van der Waals surface area contributed by atoms with Crippen LogP contribution < -0.4 is 15.4 Å². The molecule has 2 aromatic carbocycles. The van der Waals surface area contributed by atoms with E-state index in [1.54, 1.807) is 30.3 Å². The van der Waals surface area contributed by atoms with Crippen molar-refractivity contribution in [1.82, 2.24) is 5.32 Å². The number of amides is 2. The standard InChI is InChI=1S/C19H21BrN2O3/c1-3-10-21-19(24)15-6-4-5-7-17(15)22-18(23)12-25-14-8-9-16(20)13(2)11-14/h4-9,11H,3,10,12H2,1-2H3,(H,21,24)(H,22,23). The highest BCUT2D eigenvalue weighted by Crippen LogP contribution is 2.21. The van der Waals surface area contributed by atoms with Gasteiger partial charge in [0.1, 0.15) is 5.75 Å². The second-order valence-corrected chi connectivity index (χ2v) is 6.40. The Morgan fingerprint density at radius 2 is 1.92 bits per heavy atom. The molecule has 0 aromatic heterocycles. The number of rotatable bonds is 7. The molecular weight excluding hydrogens is 384 g/mol. The van der Waals surface area contributed by atoms with E-state index in [2.05, 4.69) is 26.6 Å². The molecule has 0 bridgehead atoms. The average Bonchev–Trinajstić information content (AvgIpc) is 2.61. The molecule has 0 heterocycles. The first-order valence-corrected chi connectivity index (χ1v) is 8.86.